The summed E-state index contributed by atoms with van der Waals surface area (Å²) in [6.45, 7) is 0. The number of rotatable bonds is 4. The lowest BCUT2D eigenvalue weighted by molar-refractivity contribution is -0.124. The summed E-state index contributed by atoms with van der Waals surface area (Å²) in [5.41, 5.74) is 0.0625. The highest BCUT2D eigenvalue weighted by molar-refractivity contribution is 9.09. The van der Waals surface area contributed by atoms with Crippen LogP contribution in [0.2, 0.25) is 0 Å². The standard InChI is InChI=1S/C16H26BrNO/c17-11-16(6-2-1-3-7-16)18-15(19)10-14-9-12-4-5-13(14)8-12/h12-14H,1-11H2,(H,18,19). The molecule has 0 aliphatic heterocycles. The number of halogens is 1. The van der Waals surface area contributed by atoms with Gasteiger partial charge in [-0.1, -0.05) is 41.6 Å². The first-order chi connectivity index (χ1) is 9.21. The van der Waals surface area contributed by atoms with Gasteiger partial charge in [-0.2, -0.15) is 0 Å². The van der Waals surface area contributed by atoms with Crippen LogP contribution in [-0.4, -0.2) is 16.8 Å². The van der Waals surface area contributed by atoms with Gasteiger partial charge in [0.05, 0.1) is 0 Å². The summed E-state index contributed by atoms with van der Waals surface area (Å²) in [4.78, 5) is 12.4. The van der Waals surface area contributed by atoms with Crippen molar-refractivity contribution in [1.82, 2.24) is 5.32 Å². The van der Waals surface area contributed by atoms with Crippen LogP contribution in [0.5, 0.6) is 0 Å². The summed E-state index contributed by atoms with van der Waals surface area (Å²) in [6.07, 6.45) is 12.5. The van der Waals surface area contributed by atoms with Crippen molar-refractivity contribution in [3.05, 3.63) is 0 Å². The molecular weight excluding hydrogens is 302 g/mol. The Hall–Kier alpha value is -0.0500. The first-order valence-corrected chi connectivity index (χ1v) is 9.20. The van der Waals surface area contributed by atoms with E-state index in [2.05, 4.69) is 21.2 Å². The maximum absolute atomic E-state index is 12.4. The summed E-state index contributed by atoms with van der Waals surface area (Å²) in [7, 11) is 0. The molecule has 2 bridgehead atoms. The molecule has 0 aromatic heterocycles. The fourth-order valence-corrected chi connectivity index (χ4v) is 5.43. The minimum absolute atomic E-state index is 0.0625. The summed E-state index contributed by atoms with van der Waals surface area (Å²) < 4.78 is 0. The Kier molecular flexibility index (Phi) is 4.21. The Morgan fingerprint density at radius 3 is 2.53 bits per heavy atom. The zero-order valence-electron chi connectivity index (χ0n) is 11.8. The largest absolute Gasteiger partial charge is 0.350 e. The molecule has 0 radical (unpaired) electrons. The highest BCUT2D eigenvalue weighted by Gasteiger charge is 2.41. The van der Waals surface area contributed by atoms with Crippen LogP contribution in [-0.2, 0) is 4.79 Å². The van der Waals surface area contributed by atoms with Crippen molar-refractivity contribution in [2.45, 2.75) is 69.7 Å². The van der Waals surface area contributed by atoms with E-state index in [-0.39, 0.29) is 5.54 Å². The molecule has 0 aromatic rings. The molecule has 1 N–H and O–H groups in total. The Morgan fingerprint density at radius 1 is 1.16 bits per heavy atom. The molecular formula is C16H26BrNO. The molecule has 3 atom stereocenters. The molecule has 19 heavy (non-hydrogen) atoms. The van der Waals surface area contributed by atoms with Gasteiger partial charge >= 0.3 is 0 Å². The van der Waals surface area contributed by atoms with Crippen molar-refractivity contribution in [3.8, 4) is 0 Å². The predicted molar refractivity (Wildman–Crippen MR) is 81.3 cm³/mol. The first-order valence-electron chi connectivity index (χ1n) is 8.08. The van der Waals surface area contributed by atoms with E-state index in [1.807, 2.05) is 0 Å². The smallest absolute Gasteiger partial charge is 0.220 e. The van der Waals surface area contributed by atoms with Crippen molar-refractivity contribution in [2.75, 3.05) is 5.33 Å². The van der Waals surface area contributed by atoms with E-state index in [0.717, 1.165) is 36.4 Å². The van der Waals surface area contributed by atoms with Crippen LogP contribution in [0.3, 0.4) is 0 Å². The van der Waals surface area contributed by atoms with Gasteiger partial charge in [-0.25, -0.2) is 0 Å². The predicted octanol–water partition coefficient (Wildman–Crippen LogP) is 4.03. The molecule has 3 saturated carbocycles. The molecule has 3 rings (SSSR count). The van der Waals surface area contributed by atoms with Crippen molar-refractivity contribution >= 4 is 21.8 Å². The third-order valence-electron chi connectivity index (χ3n) is 5.80. The van der Waals surface area contributed by atoms with E-state index in [4.69, 9.17) is 0 Å². The lowest BCUT2D eigenvalue weighted by Crippen LogP contribution is -2.51. The van der Waals surface area contributed by atoms with Gasteiger partial charge < -0.3 is 5.32 Å². The number of alkyl halides is 1. The lowest BCUT2D eigenvalue weighted by atomic mass is 9.82. The lowest BCUT2D eigenvalue weighted by Gasteiger charge is -2.37. The van der Waals surface area contributed by atoms with Gasteiger partial charge in [0.25, 0.3) is 0 Å². The summed E-state index contributed by atoms with van der Waals surface area (Å²) in [6, 6.07) is 0. The molecule has 3 unspecified atom stereocenters. The van der Waals surface area contributed by atoms with Crippen molar-refractivity contribution in [1.29, 1.82) is 0 Å². The number of carbonyl (C=O) groups excluding carboxylic acids is 1. The van der Waals surface area contributed by atoms with Crippen molar-refractivity contribution in [3.63, 3.8) is 0 Å². The second-order valence-electron chi connectivity index (χ2n) is 7.16. The normalized spacial score (nSPS) is 36.4. The molecule has 2 nitrogen and oxygen atoms in total. The molecule has 0 aromatic carbocycles. The van der Waals surface area contributed by atoms with Gasteiger partial charge in [0.1, 0.15) is 0 Å². The molecule has 0 heterocycles. The van der Waals surface area contributed by atoms with Crippen LogP contribution < -0.4 is 5.32 Å². The van der Waals surface area contributed by atoms with E-state index in [1.165, 1.54) is 44.9 Å². The first kappa shape index (κ1) is 13.9. The maximum Gasteiger partial charge on any atom is 0.220 e. The van der Waals surface area contributed by atoms with Crippen LogP contribution in [0.1, 0.15) is 64.2 Å². The summed E-state index contributed by atoms with van der Waals surface area (Å²) in [5, 5.41) is 4.30. The minimum Gasteiger partial charge on any atom is -0.350 e. The third kappa shape index (κ3) is 3.01. The zero-order valence-corrected chi connectivity index (χ0v) is 13.4. The number of hydrogen-bond donors (Lipinski definition) is 1. The van der Waals surface area contributed by atoms with Gasteiger partial charge in [0, 0.05) is 17.3 Å². The van der Waals surface area contributed by atoms with Gasteiger partial charge in [0.2, 0.25) is 5.91 Å². The molecule has 0 spiro atoms. The van der Waals surface area contributed by atoms with Crippen LogP contribution in [0.15, 0.2) is 0 Å². The van der Waals surface area contributed by atoms with E-state index in [0.29, 0.717) is 11.8 Å². The monoisotopic (exact) mass is 327 g/mol. The molecule has 3 aliphatic carbocycles. The number of hydrogen-bond acceptors (Lipinski definition) is 1. The van der Waals surface area contributed by atoms with Gasteiger partial charge in [-0.15, -0.1) is 0 Å². The Bertz CT molecular complexity index is 338. The van der Waals surface area contributed by atoms with Gasteiger partial charge in [-0.3, -0.25) is 4.79 Å². The van der Waals surface area contributed by atoms with E-state index >= 15 is 0 Å². The van der Waals surface area contributed by atoms with Crippen LogP contribution >= 0.6 is 15.9 Å². The average Bonchev–Trinajstić information content (AvgIpc) is 3.02. The molecule has 1 amide bonds. The number of carbonyl (C=O) groups is 1. The quantitative estimate of drug-likeness (QED) is 0.776. The van der Waals surface area contributed by atoms with Gasteiger partial charge in [0.15, 0.2) is 0 Å². The summed E-state index contributed by atoms with van der Waals surface area (Å²) in [5.74, 6) is 2.82. The molecule has 0 saturated heterocycles. The Balaban J connectivity index is 1.52. The van der Waals surface area contributed by atoms with E-state index in [1.54, 1.807) is 0 Å². The Labute approximate surface area is 125 Å². The van der Waals surface area contributed by atoms with Crippen molar-refractivity contribution in [2.24, 2.45) is 17.8 Å². The summed E-state index contributed by atoms with van der Waals surface area (Å²) >= 11 is 3.63. The fraction of sp³-hybridized carbons (Fsp3) is 0.938. The molecule has 3 fully saturated rings. The van der Waals surface area contributed by atoms with Crippen LogP contribution in [0, 0.1) is 17.8 Å². The highest BCUT2D eigenvalue weighted by atomic mass is 79.9. The van der Waals surface area contributed by atoms with E-state index in [9.17, 15) is 4.79 Å². The van der Waals surface area contributed by atoms with E-state index < -0.39 is 0 Å². The molecule has 108 valence electrons. The maximum atomic E-state index is 12.4. The van der Waals surface area contributed by atoms with Crippen molar-refractivity contribution < 1.29 is 4.79 Å². The number of fused-ring (bicyclic) bond motifs is 2. The van der Waals surface area contributed by atoms with Crippen LogP contribution in [0.4, 0.5) is 0 Å². The Morgan fingerprint density at radius 2 is 1.95 bits per heavy atom. The fourth-order valence-electron chi connectivity index (χ4n) is 4.73. The minimum atomic E-state index is 0.0625. The topological polar surface area (TPSA) is 29.1 Å². The second kappa shape index (κ2) is 5.75. The molecule has 3 heteroatoms. The van der Waals surface area contributed by atoms with Gasteiger partial charge in [-0.05, 0) is 49.9 Å². The second-order valence-corrected chi connectivity index (χ2v) is 7.72. The number of nitrogens with one attached hydrogen (secondary N) is 1. The van der Waals surface area contributed by atoms with Crippen LogP contribution in [0.25, 0.3) is 0 Å². The molecule has 3 aliphatic rings. The highest BCUT2D eigenvalue weighted by Crippen LogP contribution is 2.49. The zero-order chi connectivity index (χ0) is 13.3. The average molecular weight is 328 g/mol. The third-order valence-corrected chi connectivity index (χ3v) is 6.88. The SMILES string of the molecule is O=C(CC1CC2CCC1C2)NC1(CBr)CCCCC1. The number of amides is 1.